The molecule has 4 rings (SSSR count). The van der Waals surface area contributed by atoms with Crippen LogP contribution in [0.4, 0.5) is 0 Å². The highest BCUT2D eigenvalue weighted by Crippen LogP contribution is 2.65. The zero-order valence-corrected chi connectivity index (χ0v) is 24.1. The van der Waals surface area contributed by atoms with E-state index in [4.69, 9.17) is 9.47 Å². The van der Waals surface area contributed by atoms with E-state index in [9.17, 15) is 19.5 Å². The first-order chi connectivity index (χ1) is 18.7. The van der Waals surface area contributed by atoms with Gasteiger partial charge in [0.25, 0.3) is 0 Å². The number of allylic oxidation sites excluding steroid dienone is 1. The van der Waals surface area contributed by atoms with Crippen molar-refractivity contribution in [2.24, 2.45) is 17.8 Å². The first kappa shape index (κ1) is 29.8. The third kappa shape index (κ3) is 4.96. The number of carbonyl (C=O) groups is 3. The summed E-state index contributed by atoms with van der Waals surface area (Å²) in [4.78, 5) is 46.0. The summed E-state index contributed by atoms with van der Waals surface area (Å²) in [6.45, 7) is 13.9. The maximum absolute atomic E-state index is 14.6. The monoisotopic (exact) mass is 544 g/mol. The normalized spacial score (nSPS) is 34.6. The van der Waals surface area contributed by atoms with Crippen LogP contribution >= 0.6 is 0 Å². The molecule has 0 radical (unpaired) electrons. The van der Waals surface area contributed by atoms with Crippen molar-refractivity contribution in [3.8, 4) is 0 Å². The van der Waals surface area contributed by atoms with Gasteiger partial charge in [-0.2, -0.15) is 0 Å². The number of unbranched alkanes of at least 4 members (excludes halogenated alkanes) is 2. The maximum atomic E-state index is 14.6. The van der Waals surface area contributed by atoms with Crippen LogP contribution in [0.1, 0.15) is 85.0 Å². The summed E-state index contributed by atoms with van der Waals surface area (Å²) in [5.41, 5.74) is -2.04. The van der Waals surface area contributed by atoms with E-state index in [0.29, 0.717) is 19.4 Å². The SMILES string of the molecule is C=CCCCCOC(=O)[C@H]1[C@H]2C(=O)N([C@@H](CC)CO)C(C(=O)N(CC=C)C3CCCCC3)C23CC(C)[C@]1(C)O3. The Kier molecular flexibility index (Phi) is 9.26. The maximum Gasteiger partial charge on any atom is 0.312 e. The van der Waals surface area contributed by atoms with Gasteiger partial charge in [-0.3, -0.25) is 14.4 Å². The van der Waals surface area contributed by atoms with Gasteiger partial charge in [-0.1, -0.05) is 45.3 Å². The largest absolute Gasteiger partial charge is 0.465 e. The number of aliphatic hydroxyl groups is 1. The number of nitrogens with zero attached hydrogens (tertiary/aromatic N) is 2. The molecule has 1 N–H and O–H groups in total. The van der Waals surface area contributed by atoms with E-state index in [0.717, 1.165) is 51.4 Å². The number of likely N-dealkylation sites (tertiary alicyclic amines) is 1. The molecule has 7 atom stereocenters. The molecule has 1 saturated carbocycles. The van der Waals surface area contributed by atoms with E-state index in [1.165, 1.54) is 0 Å². The molecule has 8 nitrogen and oxygen atoms in total. The number of ether oxygens (including phenoxy) is 2. The second-order valence-electron chi connectivity index (χ2n) is 12.2. The van der Waals surface area contributed by atoms with Crippen molar-refractivity contribution in [1.29, 1.82) is 0 Å². The molecule has 8 heteroatoms. The van der Waals surface area contributed by atoms with Crippen LogP contribution in [0.15, 0.2) is 25.3 Å². The van der Waals surface area contributed by atoms with E-state index in [2.05, 4.69) is 13.2 Å². The van der Waals surface area contributed by atoms with Crippen molar-refractivity contribution < 1.29 is 29.0 Å². The Hall–Kier alpha value is -2.19. The van der Waals surface area contributed by atoms with Gasteiger partial charge in [-0.15, -0.1) is 13.2 Å². The van der Waals surface area contributed by atoms with Crippen LogP contribution in [0.5, 0.6) is 0 Å². The fraction of sp³-hybridized carbons (Fsp3) is 0.774. The quantitative estimate of drug-likeness (QED) is 0.214. The summed E-state index contributed by atoms with van der Waals surface area (Å²) in [6.07, 6.45) is 12.1. The number of esters is 1. The highest BCUT2D eigenvalue weighted by molar-refractivity contribution is 5.99. The van der Waals surface area contributed by atoms with E-state index in [-0.39, 0.29) is 37.0 Å². The van der Waals surface area contributed by atoms with Gasteiger partial charge in [0.1, 0.15) is 17.6 Å². The van der Waals surface area contributed by atoms with Gasteiger partial charge < -0.3 is 24.4 Å². The molecular formula is C31H48N2O6. The fourth-order valence-electron chi connectivity index (χ4n) is 7.88. The summed E-state index contributed by atoms with van der Waals surface area (Å²) in [6, 6.07) is -1.36. The molecule has 1 spiro atoms. The van der Waals surface area contributed by atoms with E-state index >= 15 is 0 Å². The number of amides is 2. The molecule has 4 aliphatic rings. The summed E-state index contributed by atoms with van der Waals surface area (Å²) >= 11 is 0. The van der Waals surface area contributed by atoms with Gasteiger partial charge in [-0.05, 0) is 57.8 Å². The van der Waals surface area contributed by atoms with E-state index < -0.39 is 41.1 Å². The highest BCUT2D eigenvalue weighted by atomic mass is 16.6. The first-order valence-electron chi connectivity index (χ1n) is 15.0. The lowest BCUT2D eigenvalue weighted by Crippen LogP contribution is -2.60. The van der Waals surface area contributed by atoms with Crippen molar-refractivity contribution >= 4 is 17.8 Å². The van der Waals surface area contributed by atoms with Gasteiger partial charge >= 0.3 is 5.97 Å². The molecule has 3 unspecified atom stereocenters. The average molecular weight is 545 g/mol. The molecule has 0 aromatic rings. The molecule has 2 bridgehead atoms. The predicted octanol–water partition coefficient (Wildman–Crippen LogP) is 4.01. The summed E-state index contributed by atoms with van der Waals surface area (Å²) in [7, 11) is 0. The molecule has 218 valence electrons. The molecule has 3 aliphatic heterocycles. The molecule has 3 heterocycles. The number of hydrogen-bond acceptors (Lipinski definition) is 6. The minimum absolute atomic E-state index is 0.0492. The second-order valence-corrected chi connectivity index (χ2v) is 12.2. The number of hydrogen-bond donors (Lipinski definition) is 1. The number of carbonyl (C=O) groups excluding carboxylic acids is 3. The smallest absolute Gasteiger partial charge is 0.312 e. The fourth-order valence-corrected chi connectivity index (χ4v) is 7.88. The van der Waals surface area contributed by atoms with Crippen molar-refractivity contribution in [2.45, 2.75) is 114 Å². The van der Waals surface area contributed by atoms with E-state index in [1.807, 2.05) is 31.7 Å². The third-order valence-corrected chi connectivity index (χ3v) is 9.99. The summed E-state index contributed by atoms with van der Waals surface area (Å²) in [5.74, 6) is -2.52. The van der Waals surface area contributed by atoms with Crippen molar-refractivity contribution in [3.05, 3.63) is 25.3 Å². The Bertz CT molecular complexity index is 943. The number of aliphatic hydroxyl groups excluding tert-OH is 1. The molecule has 4 fully saturated rings. The standard InChI is InChI=1S/C31H48N2O6/c1-6-9-10-14-18-38-29(37)25-24-27(35)33(22(8-3)20-34)26(31(24)19-21(4)30(25,5)39-31)28(36)32(17-7-2)23-15-12-11-13-16-23/h6-7,21-26,34H,1-2,8-20H2,3-5H3/t21?,22-,24-,25+,26?,30-,31?/m0/s1. The number of rotatable bonds is 13. The van der Waals surface area contributed by atoms with Crippen LogP contribution in [0.2, 0.25) is 0 Å². The molecule has 3 saturated heterocycles. The minimum Gasteiger partial charge on any atom is -0.465 e. The lowest BCUT2D eigenvalue weighted by molar-refractivity contribution is -0.164. The number of fused-ring (bicyclic) bond motifs is 1. The zero-order valence-electron chi connectivity index (χ0n) is 24.1. The van der Waals surface area contributed by atoms with Crippen LogP contribution in [0, 0.1) is 17.8 Å². The predicted molar refractivity (Wildman–Crippen MR) is 149 cm³/mol. The minimum atomic E-state index is -1.13. The molecule has 2 amide bonds. The zero-order chi connectivity index (χ0) is 28.4. The van der Waals surface area contributed by atoms with Crippen LogP contribution in [0.3, 0.4) is 0 Å². The lowest BCUT2D eigenvalue weighted by atomic mass is 9.62. The van der Waals surface area contributed by atoms with Gasteiger partial charge in [0.15, 0.2) is 0 Å². The Morgan fingerprint density at radius 1 is 1.23 bits per heavy atom. The van der Waals surface area contributed by atoms with Gasteiger partial charge in [0.05, 0.1) is 30.8 Å². The average Bonchev–Trinajstić information content (AvgIpc) is 3.45. The molecule has 1 aliphatic carbocycles. The molecule has 39 heavy (non-hydrogen) atoms. The van der Waals surface area contributed by atoms with Crippen molar-refractivity contribution in [2.75, 3.05) is 19.8 Å². The Balaban J connectivity index is 1.72. The van der Waals surface area contributed by atoms with Gasteiger partial charge in [0.2, 0.25) is 11.8 Å². The molecular weight excluding hydrogens is 496 g/mol. The Labute approximate surface area is 233 Å². The topological polar surface area (TPSA) is 96.4 Å². The van der Waals surface area contributed by atoms with Crippen LogP contribution in [0.25, 0.3) is 0 Å². The van der Waals surface area contributed by atoms with Crippen molar-refractivity contribution in [1.82, 2.24) is 9.80 Å². The highest BCUT2D eigenvalue weighted by Gasteiger charge is 2.80. The summed E-state index contributed by atoms with van der Waals surface area (Å²) < 4.78 is 12.6. The third-order valence-electron chi connectivity index (χ3n) is 9.99. The first-order valence-corrected chi connectivity index (χ1v) is 15.0. The van der Waals surface area contributed by atoms with Crippen molar-refractivity contribution in [3.63, 3.8) is 0 Å². The Morgan fingerprint density at radius 2 is 1.95 bits per heavy atom. The van der Waals surface area contributed by atoms with Gasteiger partial charge in [-0.25, -0.2) is 0 Å². The lowest BCUT2D eigenvalue weighted by Gasteiger charge is -2.42. The van der Waals surface area contributed by atoms with Gasteiger partial charge in [0, 0.05) is 12.6 Å². The summed E-state index contributed by atoms with van der Waals surface area (Å²) in [5, 5.41) is 10.3. The molecule has 0 aromatic carbocycles. The Morgan fingerprint density at radius 3 is 2.56 bits per heavy atom. The van der Waals surface area contributed by atoms with Crippen LogP contribution < -0.4 is 0 Å². The molecule has 0 aromatic heterocycles. The van der Waals surface area contributed by atoms with Crippen LogP contribution in [-0.2, 0) is 23.9 Å². The van der Waals surface area contributed by atoms with Crippen LogP contribution in [-0.4, -0.2) is 81.8 Å². The van der Waals surface area contributed by atoms with E-state index in [1.54, 1.807) is 11.0 Å². The second kappa shape index (κ2) is 12.1.